The van der Waals surface area contributed by atoms with Crippen molar-refractivity contribution in [3.05, 3.63) is 52.8 Å². The Kier molecular flexibility index (Phi) is 3.88. The van der Waals surface area contributed by atoms with Crippen molar-refractivity contribution in [2.24, 2.45) is 0 Å². The Balaban J connectivity index is 1.73. The van der Waals surface area contributed by atoms with Gasteiger partial charge in [-0.2, -0.15) is 5.10 Å². The van der Waals surface area contributed by atoms with Crippen molar-refractivity contribution in [3.63, 3.8) is 0 Å². The molecule has 0 fully saturated rings. The molecule has 0 saturated heterocycles. The van der Waals surface area contributed by atoms with E-state index in [0.29, 0.717) is 12.5 Å². The first-order valence-corrected chi connectivity index (χ1v) is 7.57. The minimum Gasteiger partial charge on any atom is -0.309 e. The number of ketones is 1. The van der Waals surface area contributed by atoms with Gasteiger partial charge in [0.05, 0.1) is 12.1 Å². The minimum atomic E-state index is 0.138. The second-order valence-corrected chi connectivity index (χ2v) is 5.73. The van der Waals surface area contributed by atoms with Crippen LogP contribution in [0.5, 0.6) is 0 Å². The molecular weight excluding hydrogens is 262 g/mol. The van der Waals surface area contributed by atoms with Gasteiger partial charge in [0.1, 0.15) is 0 Å². The van der Waals surface area contributed by atoms with Crippen LogP contribution in [0.3, 0.4) is 0 Å². The van der Waals surface area contributed by atoms with E-state index >= 15 is 0 Å². The second-order valence-electron chi connectivity index (χ2n) is 5.73. The Morgan fingerprint density at radius 1 is 1.33 bits per heavy atom. The van der Waals surface area contributed by atoms with Gasteiger partial charge in [-0.05, 0) is 36.6 Å². The number of hydrogen-bond donors (Lipinski definition) is 1. The summed E-state index contributed by atoms with van der Waals surface area (Å²) in [5, 5.41) is 7.80. The van der Waals surface area contributed by atoms with Crippen molar-refractivity contribution in [1.29, 1.82) is 0 Å². The summed E-state index contributed by atoms with van der Waals surface area (Å²) in [5.41, 5.74) is 4.17. The van der Waals surface area contributed by atoms with Crippen LogP contribution in [0.25, 0.3) is 0 Å². The van der Waals surface area contributed by atoms with Crippen molar-refractivity contribution in [1.82, 2.24) is 15.1 Å². The Hall–Kier alpha value is -1.94. The molecule has 0 radical (unpaired) electrons. The topological polar surface area (TPSA) is 46.9 Å². The van der Waals surface area contributed by atoms with E-state index in [-0.39, 0.29) is 5.78 Å². The average molecular weight is 283 g/mol. The van der Waals surface area contributed by atoms with Gasteiger partial charge in [-0.3, -0.25) is 9.48 Å². The predicted molar refractivity (Wildman–Crippen MR) is 82.2 cm³/mol. The molecule has 1 unspecified atom stereocenters. The van der Waals surface area contributed by atoms with E-state index in [9.17, 15) is 4.79 Å². The number of hydrogen-bond acceptors (Lipinski definition) is 3. The summed E-state index contributed by atoms with van der Waals surface area (Å²) in [7, 11) is 0. The summed E-state index contributed by atoms with van der Waals surface area (Å²) in [5.74, 6) is 0.138. The summed E-state index contributed by atoms with van der Waals surface area (Å²) in [6, 6.07) is 8.32. The van der Waals surface area contributed by atoms with Crippen LogP contribution in [-0.2, 0) is 19.5 Å². The van der Waals surface area contributed by atoms with Crippen molar-refractivity contribution in [2.45, 2.75) is 45.8 Å². The lowest BCUT2D eigenvalue weighted by Crippen LogP contribution is -2.08. The zero-order valence-electron chi connectivity index (χ0n) is 12.6. The third-order valence-corrected chi connectivity index (χ3v) is 4.21. The number of carbonyl (C=O) groups excluding carboxylic acids is 1. The summed E-state index contributed by atoms with van der Waals surface area (Å²) in [6.07, 6.45) is 3.37. The van der Waals surface area contributed by atoms with Gasteiger partial charge in [0.25, 0.3) is 0 Å². The molecule has 1 aromatic carbocycles. The van der Waals surface area contributed by atoms with Gasteiger partial charge >= 0.3 is 0 Å². The number of aromatic nitrogens is 2. The number of rotatable bonds is 5. The van der Waals surface area contributed by atoms with Crippen LogP contribution in [0.15, 0.2) is 30.5 Å². The van der Waals surface area contributed by atoms with E-state index < -0.39 is 0 Å². The molecule has 1 aromatic heterocycles. The van der Waals surface area contributed by atoms with Gasteiger partial charge < -0.3 is 5.32 Å². The highest BCUT2D eigenvalue weighted by molar-refractivity contribution is 5.97. The Bertz CT molecular complexity index is 660. The quantitative estimate of drug-likeness (QED) is 0.858. The zero-order valence-corrected chi connectivity index (χ0v) is 12.6. The van der Waals surface area contributed by atoms with E-state index in [0.717, 1.165) is 30.8 Å². The Morgan fingerprint density at radius 2 is 2.14 bits per heavy atom. The van der Waals surface area contributed by atoms with Crippen molar-refractivity contribution in [3.8, 4) is 0 Å². The molecule has 0 bridgehead atoms. The lowest BCUT2D eigenvalue weighted by molar-refractivity contribution is 0.0991. The molecule has 4 heteroatoms. The monoisotopic (exact) mass is 283 g/mol. The second kappa shape index (κ2) is 5.82. The van der Waals surface area contributed by atoms with Gasteiger partial charge in [-0.1, -0.05) is 19.1 Å². The lowest BCUT2D eigenvalue weighted by atomic mass is 10.0. The summed E-state index contributed by atoms with van der Waals surface area (Å²) in [6.45, 7) is 6.03. The van der Waals surface area contributed by atoms with E-state index in [2.05, 4.69) is 30.3 Å². The maximum absolute atomic E-state index is 12.4. The van der Waals surface area contributed by atoms with Crippen LogP contribution in [0.1, 0.15) is 53.5 Å². The highest BCUT2D eigenvalue weighted by atomic mass is 16.1. The summed E-state index contributed by atoms with van der Waals surface area (Å²) in [4.78, 5) is 12.4. The molecule has 0 amide bonds. The molecule has 4 nitrogen and oxygen atoms in total. The van der Waals surface area contributed by atoms with Crippen LogP contribution in [0, 0.1) is 0 Å². The molecule has 2 heterocycles. The first-order chi connectivity index (χ1) is 10.2. The summed E-state index contributed by atoms with van der Waals surface area (Å²) < 4.78 is 1.94. The molecule has 1 aliphatic rings. The molecular formula is C17H21N3O. The van der Waals surface area contributed by atoms with Gasteiger partial charge in [0.2, 0.25) is 0 Å². The first kappa shape index (κ1) is 14.0. The van der Waals surface area contributed by atoms with Crippen LogP contribution in [0.4, 0.5) is 0 Å². The third kappa shape index (κ3) is 2.90. The molecule has 1 N–H and O–H groups in total. The SMILES string of the molecule is CCC(C)n1ccc(CC(=O)c2ccc3c(c2)CNC3)n1. The Morgan fingerprint density at radius 3 is 2.95 bits per heavy atom. The Labute approximate surface area is 125 Å². The van der Waals surface area contributed by atoms with E-state index in [1.807, 2.05) is 29.1 Å². The smallest absolute Gasteiger partial charge is 0.168 e. The third-order valence-electron chi connectivity index (χ3n) is 4.21. The molecule has 0 spiro atoms. The fourth-order valence-electron chi connectivity index (χ4n) is 2.64. The lowest BCUT2D eigenvalue weighted by Gasteiger charge is -2.08. The fourth-order valence-corrected chi connectivity index (χ4v) is 2.64. The van der Waals surface area contributed by atoms with Crippen LogP contribution in [-0.4, -0.2) is 15.6 Å². The van der Waals surface area contributed by atoms with Crippen LogP contribution in [0.2, 0.25) is 0 Å². The molecule has 0 aliphatic carbocycles. The van der Waals surface area contributed by atoms with E-state index in [4.69, 9.17) is 0 Å². The highest BCUT2D eigenvalue weighted by Gasteiger charge is 2.15. The van der Waals surface area contributed by atoms with Gasteiger partial charge in [0.15, 0.2) is 5.78 Å². The van der Waals surface area contributed by atoms with Gasteiger partial charge in [-0.15, -0.1) is 0 Å². The normalized spacial score (nSPS) is 15.0. The number of fused-ring (bicyclic) bond motifs is 1. The number of carbonyl (C=O) groups is 1. The van der Waals surface area contributed by atoms with Gasteiger partial charge in [0, 0.05) is 30.9 Å². The van der Waals surface area contributed by atoms with Crippen molar-refractivity contribution in [2.75, 3.05) is 0 Å². The largest absolute Gasteiger partial charge is 0.309 e. The van der Waals surface area contributed by atoms with Gasteiger partial charge in [-0.25, -0.2) is 0 Å². The molecule has 3 rings (SSSR count). The molecule has 21 heavy (non-hydrogen) atoms. The maximum Gasteiger partial charge on any atom is 0.168 e. The standard InChI is InChI=1S/C17H21N3O/c1-3-12(2)20-7-6-16(19-20)9-17(21)13-4-5-14-10-18-11-15(14)8-13/h4-8,12,18H,3,9-11H2,1-2H3. The van der Waals surface area contributed by atoms with Crippen molar-refractivity contribution >= 4 is 5.78 Å². The first-order valence-electron chi connectivity index (χ1n) is 7.57. The number of Topliss-reactive ketones (excluding diaryl/α,β-unsaturated/α-hetero) is 1. The molecule has 1 aliphatic heterocycles. The number of nitrogens with zero attached hydrogens (tertiary/aromatic N) is 2. The molecule has 0 saturated carbocycles. The fraction of sp³-hybridized carbons (Fsp3) is 0.412. The number of benzene rings is 1. The van der Waals surface area contributed by atoms with Crippen LogP contribution >= 0.6 is 0 Å². The number of nitrogens with one attached hydrogen (secondary N) is 1. The predicted octanol–water partition coefficient (Wildman–Crippen LogP) is 2.88. The van der Waals surface area contributed by atoms with Crippen LogP contribution < -0.4 is 5.32 Å². The summed E-state index contributed by atoms with van der Waals surface area (Å²) >= 11 is 0. The van der Waals surface area contributed by atoms with E-state index in [1.165, 1.54) is 11.1 Å². The highest BCUT2D eigenvalue weighted by Crippen LogP contribution is 2.18. The molecule has 2 aromatic rings. The average Bonchev–Trinajstić information content (AvgIpc) is 3.14. The maximum atomic E-state index is 12.4. The molecule has 1 atom stereocenters. The van der Waals surface area contributed by atoms with E-state index in [1.54, 1.807) is 0 Å². The molecule has 110 valence electrons. The zero-order chi connectivity index (χ0) is 14.8. The van der Waals surface area contributed by atoms with Crippen molar-refractivity contribution < 1.29 is 4.79 Å². The minimum absolute atomic E-state index is 0.138.